The van der Waals surface area contributed by atoms with Crippen molar-refractivity contribution in [2.24, 2.45) is 0 Å². The van der Waals surface area contributed by atoms with E-state index >= 15 is 0 Å². The second-order valence-corrected chi connectivity index (χ2v) is 15.2. The summed E-state index contributed by atoms with van der Waals surface area (Å²) in [5.74, 6) is 0.257. The Kier molecular flexibility index (Phi) is 5.71. The van der Waals surface area contributed by atoms with Gasteiger partial charge in [0.15, 0.2) is 5.78 Å². The lowest BCUT2D eigenvalue weighted by Crippen LogP contribution is -2.31. The quantitative estimate of drug-likeness (QED) is 0.258. The van der Waals surface area contributed by atoms with Gasteiger partial charge < -0.3 is 0 Å². The maximum atomic E-state index is 13.6. The number of hydrogen-bond acceptors (Lipinski definition) is 1. The van der Waals surface area contributed by atoms with Gasteiger partial charge in [-0.15, -0.1) is 0 Å². The van der Waals surface area contributed by atoms with Gasteiger partial charge in [0.1, 0.15) is 0 Å². The highest BCUT2D eigenvalue weighted by Gasteiger charge is 2.34. The number of Topliss-reactive ketones (excluding diaryl/α,β-unsaturated/α-hetero) is 1. The van der Waals surface area contributed by atoms with Crippen LogP contribution in [0.3, 0.4) is 0 Å². The molecule has 3 heteroatoms. The summed E-state index contributed by atoms with van der Waals surface area (Å²) in [5.41, 5.74) is 2.11. The van der Waals surface area contributed by atoms with E-state index < -0.39 is 8.07 Å². The van der Waals surface area contributed by atoms with Crippen molar-refractivity contribution in [2.75, 3.05) is 12.3 Å². The molecule has 0 N–H and O–H groups in total. The molecule has 1 heterocycles. The molecule has 0 unspecified atom stereocenters. The van der Waals surface area contributed by atoms with Crippen molar-refractivity contribution < 1.29 is 4.79 Å². The molecular weight excluding hydrogens is 339 g/mol. The fourth-order valence-electron chi connectivity index (χ4n) is 3.56. The average molecular weight is 367 g/mol. The minimum atomic E-state index is -1.80. The molecule has 0 bridgehead atoms. The summed E-state index contributed by atoms with van der Waals surface area (Å²) in [7, 11) is -2.02. The highest BCUT2D eigenvalue weighted by molar-refractivity contribution is 7.69. The fraction of sp³-hybridized carbons (Fsp3) is 0.318. The zero-order chi connectivity index (χ0) is 17.9. The van der Waals surface area contributed by atoms with Crippen LogP contribution in [-0.2, 0) is 0 Å². The Morgan fingerprint density at radius 3 is 1.76 bits per heavy atom. The normalized spacial score (nSPS) is 16.6. The Morgan fingerprint density at radius 1 is 0.800 bits per heavy atom. The SMILES string of the molecule is C[Si](C)(C)/C(C(=O)c1ccccc1)=C(/c1ccccc1)P1CCCC1. The summed E-state index contributed by atoms with van der Waals surface area (Å²) in [6, 6.07) is 20.5. The van der Waals surface area contributed by atoms with Crippen LogP contribution >= 0.6 is 7.92 Å². The minimum absolute atomic E-state index is 0.218. The van der Waals surface area contributed by atoms with E-state index in [9.17, 15) is 4.79 Å². The Bertz CT molecular complexity index is 754. The maximum Gasteiger partial charge on any atom is 0.185 e. The van der Waals surface area contributed by atoms with Gasteiger partial charge in [-0.25, -0.2) is 0 Å². The third-order valence-electron chi connectivity index (χ3n) is 4.72. The first-order valence-corrected chi connectivity index (χ1v) is 14.3. The molecule has 0 saturated carbocycles. The first-order valence-electron chi connectivity index (χ1n) is 9.13. The smallest absolute Gasteiger partial charge is 0.185 e. The van der Waals surface area contributed by atoms with Crippen molar-refractivity contribution in [2.45, 2.75) is 32.5 Å². The third-order valence-corrected chi connectivity index (χ3v) is 9.73. The first kappa shape index (κ1) is 18.3. The van der Waals surface area contributed by atoms with Crippen LogP contribution in [0.5, 0.6) is 0 Å². The van der Waals surface area contributed by atoms with Crippen LogP contribution in [0.25, 0.3) is 5.31 Å². The first-order chi connectivity index (χ1) is 12.0. The lowest BCUT2D eigenvalue weighted by Gasteiger charge is -2.28. The maximum absolute atomic E-state index is 13.6. The lowest BCUT2D eigenvalue weighted by atomic mass is 10.1. The van der Waals surface area contributed by atoms with Crippen LogP contribution in [0.15, 0.2) is 65.9 Å². The van der Waals surface area contributed by atoms with E-state index in [1.165, 1.54) is 36.0 Å². The summed E-state index contributed by atoms with van der Waals surface area (Å²) < 4.78 is 0. The molecule has 0 atom stereocenters. The molecular formula is C22H27OPSi. The molecule has 0 aliphatic carbocycles. The molecule has 1 aliphatic heterocycles. The van der Waals surface area contributed by atoms with Crippen molar-refractivity contribution >= 4 is 27.1 Å². The van der Waals surface area contributed by atoms with Crippen LogP contribution in [0.1, 0.15) is 28.8 Å². The topological polar surface area (TPSA) is 17.1 Å². The average Bonchev–Trinajstić information content (AvgIpc) is 3.13. The van der Waals surface area contributed by atoms with E-state index in [0.717, 1.165) is 10.8 Å². The summed E-state index contributed by atoms with van der Waals surface area (Å²) in [5, 5.41) is 2.55. The van der Waals surface area contributed by atoms with Gasteiger partial charge >= 0.3 is 0 Å². The summed E-state index contributed by atoms with van der Waals surface area (Å²) in [4.78, 5) is 13.6. The van der Waals surface area contributed by atoms with Gasteiger partial charge in [0.25, 0.3) is 0 Å². The number of ketones is 1. The van der Waals surface area contributed by atoms with Crippen LogP contribution in [0.4, 0.5) is 0 Å². The molecule has 0 radical (unpaired) electrons. The van der Waals surface area contributed by atoms with E-state index in [2.05, 4.69) is 50.0 Å². The van der Waals surface area contributed by atoms with E-state index in [-0.39, 0.29) is 13.7 Å². The van der Waals surface area contributed by atoms with Crippen molar-refractivity contribution in [3.05, 3.63) is 77.0 Å². The minimum Gasteiger partial charge on any atom is -0.289 e. The molecule has 1 saturated heterocycles. The van der Waals surface area contributed by atoms with Crippen LogP contribution in [0, 0.1) is 0 Å². The summed E-state index contributed by atoms with van der Waals surface area (Å²) in [6.07, 6.45) is 5.16. The van der Waals surface area contributed by atoms with Gasteiger partial charge in [0, 0.05) is 5.56 Å². The van der Waals surface area contributed by atoms with Gasteiger partial charge in [-0.1, -0.05) is 88.2 Å². The number of hydrogen-bond donors (Lipinski definition) is 0. The molecule has 2 aromatic carbocycles. The molecule has 1 aliphatic rings. The molecule has 2 aromatic rings. The van der Waals surface area contributed by atoms with Crippen molar-refractivity contribution in [1.29, 1.82) is 0 Å². The molecule has 0 amide bonds. The molecule has 3 rings (SSSR count). The van der Waals surface area contributed by atoms with Crippen LogP contribution in [-0.4, -0.2) is 26.2 Å². The van der Waals surface area contributed by atoms with E-state index in [1.807, 2.05) is 30.3 Å². The Hall–Kier alpha value is -1.50. The van der Waals surface area contributed by atoms with Gasteiger partial charge in [0.2, 0.25) is 0 Å². The Morgan fingerprint density at radius 2 is 1.28 bits per heavy atom. The fourth-order valence-corrected chi connectivity index (χ4v) is 9.53. The molecule has 0 aromatic heterocycles. The predicted octanol–water partition coefficient (Wildman–Crippen LogP) is 6.43. The highest BCUT2D eigenvalue weighted by atomic mass is 31.1. The Labute approximate surface area is 153 Å². The van der Waals surface area contributed by atoms with Crippen molar-refractivity contribution in [3.63, 3.8) is 0 Å². The van der Waals surface area contributed by atoms with E-state index in [4.69, 9.17) is 0 Å². The molecule has 0 spiro atoms. The zero-order valence-corrected chi connectivity index (χ0v) is 17.4. The standard InChI is InChI=1S/C22H27OPSi/c1-25(2,3)22(20(23)18-12-6-4-7-13-18)21(24-16-10-11-17-24)19-14-8-5-9-15-19/h4-9,12-15H,10-11,16-17H2,1-3H3/b22-21-. The summed E-state index contributed by atoms with van der Waals surface area (Å²) >= 11 is 0. The van der Waals surface area contributed by atoms with Crippen molar-refractivity contribution in [1.82, 2.24) is 0 Å². The van der Waals surface area contributed by atoms with Crippen LogP contribution in [0.2, 0.25) is 19.6 Å². The number of benzene rings is 2. The number of carbonyl (C=O) groups excluding carboxylic acids is 1. The summed E-state index contributed by atoms with van der Waals surface area (Å²) in [6.45, 7) is 6.95. The number of carbonyl (C=O) groups is 1. The zero-order valence-electron chi connectivity index (χ0n) is 15.5. The highest BCUT2D eigenvalue weighted by Crippen LogP contribution is 2.57. The second kappa shape index (κ2) is 7.80. The number of allylic oxidation sites excluding steroid dienone is 1. The third kappa shape index (κ3) is 4.19. The van der Waals surface area contributed by atoms with Gasteiger partial charge in [-0.2, -0.15) is 0 Å². The lowest BCUT2D eigenvalue weighted by molar-refractivity contribution is 0.104. The largest absolute Gasteiger partial charge is 0.289 e. The Balaban J connectivity index is 2.22. The monoisotopic (exact) mass is 366 g/mol. The van der Waals surface area contributed by atoms with Gasteiger partial charge in [-0.3, -0.25) is 4.79 Å². The second-order valence-electron chi connectivity index (χ2n) is 7.73. The molecule has 1 nitrogen and oxygen atoms in total. The molecule has 25 heavy (non-hydrogen) atoms. The van der Waals surface area contributed by atoms with Crippen LogP contribution < -0.4 is 0 Å². The molecule has 130 valence electrons. The van der Waals surface area contributed by atoms with Gasteiger partial charge in [-0.05, 0) is 41.2 Å². The molecule has 1 fully saturated rings. The number of rotatable bonds is 5. The van der Waals surface area contributed by atoms with Gasteiger partial charge in [0.05, 0.1) is 8.07 Å². The van der Waals surface area contributed by atoms with E-state index in [0.29, 0.717) is 0 Å². The van der Waals surface area contributed by atoms with Crippen molar-refractivity contribution in [3.8, 4) is 0 Å². The predicted molar refractivity (Wildman–Crippen MR) is 113 cm³/mol. The van der Waals surface area contributed by atoms with E-state index in [1.54, 1.807) is 0 Å².